The van der Waals surface area contributed by atoms with E-state index in [0.29, 0.717) is 34.6 Å². The zero-order valence-electron chi connectivity index (χ0n) is 20.9. The van der Waals surface area contributed by atoms with Gasteiger partial charge in [-0.15, -0.1) is 28.2 Å². The van der Waals surface area contributed by atoms with Crippen LogP contribution in [-0.2, 0) is 0 Å². The Morgan fingerprint density at radius 1 is 1.19 bits per heavy atom. The molecule has 1 aliphatic heterocycles. The molecule has 0 radical (unpaired) electrons. The molecule has 37 heavy (non-hydrogen) atoms. The van der Waals surface area contributed by atoms with Crippen LogP contribution in [0.4, 0.5) is 10.9 Å². The summed E-state index contributed by atoms with van der Waals surface area (Å²) in [5, 5.41) is 23.1. The van der Waals surface area contributed by atoms with Crippen molar-refractivity contribution in [2.45, 2.75) is 31.6 Å². The van der Waals surface area contributed by atoms with E-state index in [9.17, 15) is 5.11 Å². The monoisotopic (exact) mass is 538 g/mol. The van der Waals surface area contributed by atoms with Crippen molar-refractivity contribution in [2.24, 2.45) is 5.92 Å². The molecule has 0 aliphatic carbocycles. The van der Waals surface area contributed by atoms with Gasteiger partial charge in [-0.05, 0) is 57.8 Å². The third-order valence-corrected chi connectivity index (χ3v) is 8.37. The highest BCUT2D eigenvalue weighted by atomic mass is 32.2. The molecule has 0 unspecified atom stereocenters. The van der Waals surface area contributed by atoms with Gasteiger partial charge in [0.05, 0.1) is 12.3 Å². The fourth-order valence-electron chi connectivity index (χ4n) is 4.22. The predicted octanol–water partition coefficient (Wildman–Crippen LogP) is 5.54. The van der Waals surface area contributed by atoms with Crippen molar-refractivity contribution in [3.05, 3.63) is 53.2 Å². The van der Waals surface area contributed by atoms with Gasteiger partial charge in [0, 0.05) is 33.9 Å². The summed E-state index contributed by atoms with van der Waals surface area (Å²) in [6.07, 6.45) is 2.21. The molecular weight excluding hydrogens is 508 g/mol. The number of likely N-dealkylation sites (tertiary alicyclic amines) is 1. The quantitative estimate of drug-likeness (QED) is 0.250. The number of para-hydroxylation sites is 1. The van der Waals surface area contributed by atoms with Crippen LogP contribution in [0.5, 0.6) is 11.5 Å². The Balaban J connectivity index is 1.47. The Kier molecular flexibility index (Phi) is 8.34. The van der Waals surface area contributed by atoms with E-state index in [4.69, 9.17) is 14.2 Å². The lowest BCUT2D eigenvalue weighted by Crippen LogP contribution is -2.36. The molecule has 1 saturated heterocycles. The van der Waals surface area contributed by atoms with E-state index < -0.39 is 0 Å². The Hall–Kier alpha value is -2.99. The maximum absolute atomic E-state index is 9.24. The van der Waals surface area contributed by atoms with Gasteiger partial charge in [-0.25, -0.2) is 9.97 Å². The first-order valence-electron chi connectivity index (χ1n) is 12.3. The number of anilines is 2. The molecule has 0 amide bonds. The van der Waals surface area contributed by atoms with E-state index in [-0.39, 0.29) is 6.61 Å². The van der Waals surface area contributed by atoms with Crippen LogP contribution in [0.15, 0.2) is 51.2 Å². The van der Waals surface area contributed by atoms with Crippen molar-refractivity contribution < 1.29 is 14.4 Å². The van der Waals surface area contributed by atoms with Crippen molar-refractivity contribution in [1.82, 2.24) is 25.2 Å². The number of hydrogen-bond acceptors (Lipinski definition) is 11. The Morgan fingerprint density at radius 3 is 2.68 bits per heavy atom. The number of aryl methyl sites for hydroxylation is 2. The van der Waals surface area contributed by atoms with Gasteiger partial charge in [-0.1, -0.05) is 18.2 Å². The standard InChI is InChI=1S/C26H30N6O3S2/c1-17-15-37-26(27-17)29-25-21(34-20-6-4-3-5-7-20)14-22(23(28-25)24-18(2)30-31-35-24)36-16-19-8-10-32(11-9-19)12-13-33/h3-7,14-15,19,33H,8-13,16H2,1-2H3,(H,27,28,29). The van der Waals surface area contributed by atoms with Crippen LogP contribution < -0.4 is 10.1 Å². The Bertz CT molecular complexity index is 1300. The molecule has 9 nitrogen and oxygen atoms in total. The van der Waals surface area contributed by atoms with Crippen LogP contribution in [-0.4, -0.2) is 62.3 Å². The number of thiazole rings is 1. The largest absolute Gasteiger partial charge is 0.453 e. The number of thioether (sulfide) groups is 1. The van der Waals surface area contributed by atoms with Gasteiger partial charge in [-0.3, -0.25) is 0 Å². The second-order valence-electron chi connectivity index (χ2n) is 9.02. The van der Waals surface area contributed by atoms with E-state index in [1.54, 1.807) is 11.8 Å². The number of rotatable bonds is 10. The number of ether oxygens (including phenoxy) is 1. The van der Waals surface area contributed by atoms with Crippen molar-refractivity contribution in [3.8, 4) is 23.0 Å². The lowest BCUT2D eigenvalue weighted by Gasteiger charge is -2.31. The van der Waals surface area contributed by atoms with Crippen molar-refractivity contribution in [3.63, 3.8) is 0 Å². The number of nitrogens with one attached hydrogen (secondary N) is 1. The highest BCUT2D eigenvalue weighted by molar-refractivity contribution is 7.99. The first-order chi connectivity index (χ1) is 18.1. The molecule has 4 heterocycles. The number of aliphatic hydroxyl groups excluding tert-OH is 1. The van der Waals surface area contributed by atoms with Gasteiger partial charge >= 0.3 is 0 Å². The van der Waals surface area contributed by atoms with Gasteiger partial charge in [0.25, 0.3) is 0 Å². The summed E-state index contributed by atoms with van der Waals surface area (Å²) in [6.45, 7) is 6.81. The molecule has 1 aliphatic rings. The molecule has 2 N–H and O–H groups in total. The zero-order valence-corrected chi connectivity index (χ0v) is 22.5. The van der Waals surface area contributed by atoms with Crippen molar-refractivity contribution in [2.75, 3.05) is 37.3 Å². The number of aliphatic hydroxyl groups is 1. The molecule has 1 fully saturated rings. The lowest BCUT2D eigenvalue weighted by molar-refractivity contribution is 0.154. The number of hydrogen-bond donors (Lipinski definition) is 2. The third kappa shape index (κ3) is 6.48. The van der Waals surface area contributed by atoms with Crippen LogP contribution in [0, 0.1) is 19.8 Å². The van der Waals surface area contributed by atoms with Crippen LogP contribution in [0.25, 0.3) is 11.5 Å². The number of piperidine rings is 1. The van der Waals surface area contributed by atoms with Gasteiger partial charge in [0.15, 0.2) is 16.7 Å². The summed E-state index contributed by atoms with van der Waals surface area (Å²) < 4.78 is 11.9. The second kappa shape index (κ2) is 12.0. The SMILES string of the molecule is Cc1csc(Nc2nc(-c3onnc3C)c(SCC3CCN(CCO)CC3)cc2Oc2ccccc2)n1. The summed E-state index contributed by atoms with van der Waals surface area (Å²) in [7, 11) is 0. The maximum atomic E-state index is 9.24. The molecule has 3 aromatic heterocycles. The van der Waals surface area contributed by atoms with Crippen LogP contribution in [0.1, 0.15) is 24.2 Å². The average Bonchev–Trinajstić information content (AvgIpc) is 3.53. The van der Waals surface area contributed by atoms with E-state index in [2.05, 4.69) is 25.6 Å². The van der Waals surface area contributed by atoms with E-state index >= 15 is 0 Å². The summed E-state index contributed by atoms with van der Waals surface area (Å²) in [6, 6.07) is 11.7. The minimum Gasteiger partial charge on any atom is -0.453 e. The summed E-state index contributed by atoms with van der Waals surface area (Å²) in [5.41, 5.74) is 2.30. The van der Waals surface area contributed by atoms with E-state index in [1.807, 2.05) is 55.6 Å². The molecule has 0 bridgehead atoms. The summed E-state index contributed by atoms with van der Waals surface area (Å²) in [5.74, 6) is 3.95. The number of aromatic nitrogens is 4. The minimum absolute atomic E-state index is 0.212. The van der Waals surface area contributed by atoms with Gasteiger partial charge < -0.3 is 24.6 Å². The molecule has 5 rings (SSSR count). The molecule has 4 aromatic rings. The number of nitrogens with zero attached hydrogens (tertiary/aromatic N) is 5. The fourth-order valence-corrected chi connectivity index (χ4v) is 6.12. The van der Waals surface area contributed by atoms with Crippen LogP contribution >= 0.6 is 23.1 Å². The summed E-state index contributed by atoms with van der Waals surface area (Å²) >= 11 is 3.26. The van der Waals surface area contributed by atoms with Crippen molar-refractivity contribution >= 4 is 34.0 Å². The molecular formula is C26H30N6O3S2. The smallest absolute Gasteiger partial charge is 0.209 e. The maximum Gasteiger partial charge on any atom is 0.209 e. The van der Waals surface area contributed by atoms with Gasteiger partial charge in [0.2, 0.25) is 5.76 Å². The molecule has 0 atom stereocenters. The van der Waals surface area contributed by atoms with E-state index in [1.165, 1.54) is 11.3 Å². The topological polar surface area (TPSA) is 109 Å². The molecule has 0 spiro atoms. The first-order valence-corrected chi connectivity index (χ1v) is 14.2. The Morgan fingerprint density at radius 2 is 2.00 bits per heavy atom. The van der Waals surface area contributed by atoms with E-state index in [0.717, 1.165) is 59.7 Å². The second-order valence-corrected chi connectivity index (χ2v) is 10.9. The zero-order chi connectivity index (χ0) is 25.6. The number of β-amino-alcohol motifs (C(OH)–C–C–N with tert-alkyl or cyclic N) is 1. The average molecular weight is 539 g/mol. The van der Waals surface area contributed by atoms with Crippen LogP contribution in [0.3, 0.4) is 0 Å². The van der Waals surface area contributed by atoms with Gasteiger partial charge in [0.1, 0.15) is 17.1 Å². The summed E-state index contributed by atoms with van der Waals surface area (Å²) in [4.78, 5) is 12.8. The first kappa shape index (κ1) is 25.7. The molecule has 0 saturated carbocycles. The Labute approximate surface area is 224 Å². The highest BCUT2D eigenvalue weighted by Gasteiger charge is 2.24. The third-order valence-electron chi connectivity index (χ3n) is 6.23. The molecule has 11 heteroatoms. The number of benzene rings is 1. The fraction of sp³-hybridized carbons (Fsp3) is 0.385. The van der Waals surface area contributed by atoms with Crippen LogP contribution in [0.2, 0.25) is 0 Å². The normalized spacial score (nSPS) is 14.7. The highest BCUT2D eigenvalue weighted by Crippen LogP contribution is 2.41. The van der Waals surface area contributed by atoms with Crippen molar-refractivity contribution in [1.29, 1.82) is 0 Å². The lowest BCUT2D eigenvalue weighted by atomic mass is 9.99. The van der Waals surface area contributed by atoms with Gasteiger partial charge in [-0.2, -0.15) is 0 Å². The number of pyridine rings is 1. The minimum atomic E-state index is 0.212. The predicted molar refractivity (Wildman–Crippen MR) is 146 cm³/mol. The molecule has 1 aromatic carbocycles. The molecule has 194 valence electrons.